The Kier molecular flexibility index (Phi) is 4.67. The Morgan fingerprint density at radius 2 is 2.23 bits per heavy atom. The minimum Gasteiger partial charge on any atom is -0.480 e. The zero-order chi connectivity index (χ0) is 9.19. The first kappa shape index (κ1) is 12.7. The molecule has 4 nitrogen and oxygen atoms in total. The van der Waals surface area contributed by atoms with E-state index in [-0.39, 0.29) is 24.4 Å². The lowest BCUT2D eigenvalue weighted by Crippen LogP contribution is -2.41. The molecule has 1 unspecified atom stereocenters. The van der Waals surface area contributed by atoms with Crippen LogP contribution in [-0.2, 0) is 9.53 Å². The fourth-order valence-corrected chi connectivity index (χ4v) is 1.12. The fourth-order valence-electron chi connectivity index (χ4n) is 1.12. The number of nitrogens with one attached hydrogen (secondary N) is 1. The van der Waals surface area contributed by atoms with Crippen molar-refractivity contribution in [2.24, 2.45) is 5.41 Å². The van der Waals surface area contributed by atoms with Gasteiger partial charge in [0.1, 0.15) is 6.04 Å². The molecular weight excluding hydrogens is 194 g/mol. The first-order valence-corrected chi connectivity index (χ1v) is 4.05. The summed E-state index contributed by atoms with van der Waals surface area (Å²) in [6.07, 6.45) is 0. The molecule has 0 saturated carbocycles. The normalized spacial score (nSPS) is 27.1. The number of carboxylic acids is 1. The highest BCUT2D eigenvalue weighted by molar-refractivity contribution is 5.85. The van der Waals surface area contributed by atoms with Gasteiger partial charge in [-0.25, -0.2) is 0 Å². The number of aliphatic carboxylic acids is 1. The molecule has 2 N–H and O–H groups in total. The van der Waals surface area contributed by atoms with E-state index in [4.69, 9.17) is 9.84 Å². The molecule has 0 amide bonds. The minimum atomic E-state index is -0.840. The van der Waals surface area contributed by atoms with E-state index in [1.165, 1.54) is 0 Å². The third-order valence-corrected chi connectivity index (χ3v) is 1.90. The van der Waals surface area contributed by atoms with Gasteiger partial charge < -0.3 is 15.2 Å². The van der Waals surface area contributed by atoms with Crippen LogP contribution >= 0.6 is 12.4 Å². The smallest absolute Gasteiger partial charge is 0.323 e. The molecule has 1 aliphatic heterocycles. The lowest BCUT2D eigenvalue weighted by atomic mass is 9.95. The zero-order valence-electron chi connectivity index (χ0n) is 7.87. The van der Waals surface area contributed by atoms with Crippen molar-refractivity contribution in [1.82, 2.24) is 5.32 Å². The van der Waals surface area contributed by atoms with Crippen LogP contribution in [0.2, 0.25) is 0 Å². The van der Waals surface area contributed by atoms with Crippen LogP contribution in [0.3, 0.4) is 0 Å². The summed E-state index contributed by atoms with van der Waals surface area (Å²) in [4.78, 5) is 10.6. The molecule has 0 radical (unpaired) electrons. The lowest BCUT2D eigenvalue weighted by Gasteiger charge is -2.20. The zero-order valence-corrected chi connectivity index (χ0v) is 8.69. The molecule has 0 aliphatic carbocycles. The van der Waals surface area contributed by atoms with Crippen molar-refractivity contribution in [3.8, 4) is 0 Å². The topological polar surface area (TPSA) is 58.6 Å². The number of rotatable bonds is 1. The molecule has 0 aromatic heterocycles. The van der Waals surface area contributed by atoms with E-state index in [9.17, 15) is 4.79 Å². The Bertz CT molecular complexity index is 184. The van der Waals surface area contributed by atoms with Crippen molar-refractivity contribution >= 4 is 18.4 Å². The molecule has 1 heterocycles. The molecule has 5 heteroatoms. The highest BCUT2D eigenvalue weighted by atomic mass is 35.5. The lowest BCUT2D eigenvalue weighted by molar-refractivity contribution is -0.140. The van der Waals surface area contributed by atoms with Gasteiger partial charge in [-0.15, -0.1) is 12.4 Å². The van der Waals surface area contributed by atoms with Crippen LogP contribution in [0.1, 0.15) is 13.8 Å². The van der Waals surface area contributed by atoms with Crippen molar-refractivity contribution in [2.75, 3.05) is 19.8 Å². The Balaban J connectivity index is 0.00000144. The van der Waals surface area contributed by atoms with Crippen LogP contribution < -0.4 is 5.32 Å². The number of hydrogen-bond acceptors (Lipinski definition) is 3. The first-order valence-electron chi connectivity index (χ1n) is 4.05. The second-order valence-corrected chi connectivity index (χ2v) is 3.95. The molecular formula is C8H16ClNO3. The summed E-state index contributed by atoms with van der Waals surface area (Å²) in [5, 5.41) is 11.6. The van der Waals surface area contributed by atoms with E-state index in [0.29, 0.717) is 13.2 Å². The standard InChI is InChI=1S/C8H15NO3.ClH/c1-8(2)4-9-6(7(10)11)3-12-5-8;/h6,9H,3-5H2,1-2H3,(H,10,11);1H. The second kappa shape index (κ2) is 4.79. The van der Waals surface area contributed by atoms with Crippen molar-refractivity contribution in [3.05, 3.63) is 0 Å². The molecule has 0 aromatic rings. The van der Waals surface area contributed by atoms with E-state index < -0.39 is 12.0 Å². The molecule has 1 rings (SSSR count). The fraction of sp³-hybridized carbons (Fsp3) is 0.875. The van der Waals surface area contributed by atoms with Crippen LogP contribution in [0.4, 0.5) is 0 Å². The van der Waals surface area contributed by atoms with Gasteiger partial charge >= 0.3 is 5.97 Å². The number of carboxylic acid groups (broad SMARTS) is 1. The van der Waals surface area contributed by atoms with Crippen LogP contribution in [0.15, 0.2) is 0 Å². The maximum absolute atomic E-state index is 10.6. The average Bonchev–Trinajstić information content (AvgIpc) is 2.10. The van der Waals surface area contributed by atoms with Gasteiger partial charge in [0, 0.05) is 12.0 Å². The van der Waals surface area contributed by atoms with E-state index in [1.807, 2.05) is 13.8 Å². The molecule has 0 aromatic carbocycles. The average molecular weight is 210 g/mol. The SMILES string of the molecule is CC1(C)CNC(C(=O)O)COC1.Cl. The van der Waals surface area contributed by atoms with Crippen molar-refractivity contribution in [1.29, 1.82) is 0 Å². The highest BCUT2D eigenvalue weighted by Gasteiger charge is 2.27. The van der Waals surface area contributed by atoms with Crippen molar-refractivity contribution < 1.29 is 14.6 Å². The highest BCUT2D eigenvalue weighted by Crippen LogP contribution is 2.16. The maximum Gasteiger partial charge on any atom is 0.323 e. The summed E-state index contributed by atoms with van der Waals surface area (Å²) in [5.74, 6) is -0.840. The van der Waals surface area contributed by atoms with Crippen LogP contribution in [0, 0.1) is 5.41 Å². The van der Waals surface area contributed by atoms with Crippen LogP contribution in [0.25, 0.3) is 0 Å². The predicted octanol–water partition coefficient (Wildman–Crippen LogP) is 0.507. The molecule has 1 aliphatic rings. The monoisotopic (exact) mass is 209 g/mol. The molecule has 1 saturated heterocycles. The Morgan fingerprint density at radius 1 is 1.62 bits per heavy atom. The quantitative estimate of drug-likeness (QED) is 0.661. The van der Waals surface area contributed by atoms with Gasteiger partial charge in [0.2, 0.25) is 0 Å². The third-order valence-electron chi connectivity index (χ3n) is 1.90. The molecule has 0 spiro atoms. The summed E-state index contributed by atoms with van der Waals surface area (Å²) in [7, 11) is 0. The molecule has 13 heavy (non-hydrogen) atoms. The van der Waals surface area contributed by atoms with Crippen molar-refractivity contribution in [3.63, 3.8) is 0 Å². The van der Waals surface area contributed by atoms with Crippen LogP contribution in [-0.4, -0.2) is 36.9 Å². The Labute approximate surface area is 84.1 Å². The molecule has 1 fully saturated rings. The van der Waals surface area contributed by atoms with Gasteiger partial charge in [-0.2, -0.15) is 0 Å². The summed E-state index contributed by atoms with van der Waals surface area (Å²) in [5.41, 5.74) is 0.0319. The predicted molar refractivity (Wildman–Crippen MR) is 51.3 cm³/mol. The summed E-state index contributed by atoms with van der Waals surface area (Å²) in [6, 6.07) is -0.549. The number of hydrogen-bond donors (Lipinski definition) is 2. The van der Waals surface area contributed by atoms with Gasteiger partial charge in [0.05, 0.1) is 13.2 Å². The van der Waals surface area contributed by atoms with E-state index in [0.717, 1.165) is 0 Å². The largest absolute Gasteiger partial charge is 0.480 e. The number of halogens is 1. The summed E-state index contributed by atoms with van der Waals surface area (Å²) in [6.45, 7) is 5.65. The number of ether oxygens (including phenoxy) is 1. The minimum absolute atomic E-state index is 0. The van der Waals surface area contributed by atoms with E-state index >= 15 is 0 Å². The Hall–Kier alpha value is -0.320. The van der Waals surface area contributed by atoms with E-state index in [1.54, 1.807) is 0 Å². The van der Waals surface area contributed by atoms with Gasteiger partial charge in [-0.05, 0) is 0 Å². The van der Waals surface area contributed by atoms with Gasteiger partial charge in [-0.3, -0.25) is 4.79 Å². The van der Waals surface area contributed by atoms with Gasteiger partial charge in [0.25, 0.3) is 0 Å². The van der Waals surface area contributed by atoms with Crippen LogP contribution in [0.5, 0.6) is 0 Å². The maximum atomic E-state index is 10.6. The third kappa shape index (κ3) is 3.93. The summed E-state index contributed by atoms with van der Waals surface area (Å²) < 4.78 is 5.24. The molecule has 0 bridgehead atoms. The number of carbonyl (C=O) groups is 1. The van der Waals surface area contributed by atoms with E-state index in [2.05, 4.69) is 5.32 Å². The first-order chi connectivity index (χ1) is 5.51. The van der Waals surface area contributed by atoms with Crippen molar-refractivity contribution in [2.45, 2.75) is 19.9 Å². The van der Waals surface area contributed by atoms with Gasteiger partial charge in [-0.1, -0.05) is 13.8 Å². The Morgan fingerprint density at radius 3 is 2.77 bits per heavy atom. The molecule has 1 atom stereocenters. The molecule has 78 valence electrons. The second-order valence-electron chi connectivity index (χ2n) is 3.95. The summed E-state index contributed by atoms with van der Waals surface area (Å²) >= 11 is 0. The van der Waals surface area contributed by atoms with Gasteiger partial charge in [0.15, 0.2) is 0 Å².